The molecule has 0 aliphatic carbocycles. The van der Waals surface area contributed by atoms with Crippen LogP contribution in [0.5, 0.6) is 5.75 Å². The highest BCUT2D eigenvalue weighted by Gasteiger charge is 2.43. The van der Waals surface area contributed by atoms with E-state index in [1.54, 1.807) is 45.2 Å². The predicted octanol–water partition coefficient (Wildman–Crippen LogP) is 1.54. The van der Waals surface area contributed by atoms with Gasteiger partial charge in [-0.25, -0.2) is 0 Å². The van der Waals surface area contributed by atoms with Crippen LogP contribution in [-0.4, -0.2) is 70.3 Å². The molecule has 1 aliphatic heterocycles. The average Bonchev–Trinajstić information content (AvgIpc) is 3.26. The maximum atomic E-state index is 12.8. The number of carboxylic acids is 1. The highest BCUT2D eigenvalue weighted by atomic mass is 16.5. The molecule has 1 amide bonds. The molecule has 9 heteroatoms. The molecular weight excluding hydrogens is 364 g/mol. The second kappa shape index (κ2) is 7.97. The first-order chi connectivity index (χ1) is 13.3. The minimum atomic E-state index is -0.918. The molecule has 28 heavy (non-hydrogen) atoms. The molecule has 2 heterocycles. The second-order valence-electron chi connectivity index (χ2n) is 7.10. The predicted molar refractivity (Wildman–Crippen MR) is 99.7 cm³/mol. The van der Waals surface area contributed by atoms with Crippen molar-refractivity contribution >= 4 is 11.9 Å². The van der Waals surface area contributed by atoms with Crippen molar-refractivity contribution in [1.82, 2.24) is 19.9 Å². The zero-order valence-corrected chi connectivity index (χ0v) is 16.2. The largest absolute Gasteiger partial charge is 0.491 e. The number of carbonyl (C=O) groups is 2. The summed E-state index contributed by atoms with van der Waals surface area (Å²) in [6.07, 6.45) is 0.422. The quantitative estimate of drug-likeness (QED) is 0.717. The van der Waals surface area contributed by atoms with Crippen LogP contribution >= 0.6 is 0 Å². The lowest BCUT2D eigenvalue weighted by Gasteiger charge is -2.19. The van der Waals surface area contributed by atoms with Crippen molar-refractivity contribution < 1.29 is 24.2 Å². The van der Waals surface area contributed by atoms with E-state index >= 15 is 0 Å². The first kappa shape index (κ1) is 19.8. The first-order valence-corrected chi connectivity index (χ1v) is 9.03. The molecule has 0 radical (unpaired) electrons. The Morgan fingerprint density at radius 3 is 2.54 bits per heavy atom. The number of methoxy groups -OCH3 is 1. The second-order valence-corrected chi connectivity index (χ2v) is 7.10. The standard InChI is InChI=1S/C19H24N4O5/c1-13-16(17(24)22-9-8-19(2,12-22)18(25)26)21-23(20-13)14-4-6-15(7-5-14)28-11-10-27-3/h4-7H,8-12H2,1-3H3,(H,25,26). The average molecular weight is 388 g/mol. The molecule has 150 valence electrons. The van der Waals surface area contributed by atoms with Gasteiger partial charge in [0.1, 0.15) is 12.4 Å². The van der Waals surface area contributed by atoms with Gasteiger partial charge < -0.3 is 19.5 Å². The zero-order valence-electron chi connectivity index (χ0n) is 16.2. The molecule has 1 unspecified atom stereocenters. The number of hydrogen-bond donors (Lipinski definition) is 1. The molecule has 0 saturated carbocycles. The summed E-state index contributed by atoms with van der Waals surface area (Å²) in [7, 11) is 1.61. The Labute approximate surface area is 162 Å². The fourth-order valence-electron chi connectivity index (χ4n) is 3.07. The van der Waals surface area contributed by atoms with Gasteiger partial charge in [0.05, 0.1) is 23.4 Å². The van der Waals surface area contributed by atoms with Crippen LogP contribution in [0, 0.1) is 12.3 Å². The summed E-state index contributed by atoms with van der Waals surface area (Å²) in [4.78, 5) is 27.1. The molecule has 0 spiro atoms. The number of carboxylic acid groups (broad SMARTS) is 1. The maximum absolute atomic E-state index is 12.8. The number of ether oxygens (including phenoxy) is 2. The van der Waals surface area contributed by atoms with E-state index in [0.717, 1.165) is 0 Å². The number of benzene rings is 1. The van der Waals surface area contributed by atoms with E-state index in [1.165, 1.54) is 9.70 Å². The van der Waals surface area contributed by atoms with E-state index in [0.29, 0.717) is 43.3 Å². The summed E-state index contributed by atoms with van der Waals surface area (Å²) in [6.45, 7) is 4.89. The minimum absolute atomic E-state index is 0.168. The van der Waals surface area contributed by atoms with Crippen LogP contribution in [0.4, 0.5) is 0 Å². The summed E-state index contributed by atoms with van der Waals surface area (Å²) >= 11 is 0. The summed E-state index contributed by atoms with van der Waals surface area (Å²) in [5.74, 6) is -0.491. The van der Waals surface area contributed by atoms with Crippen molar-refractivity contribution in [2.24, 2.45) is 5.41 Å². The van der Waals surface area contributed by atoms with E-state index in [1.807, 2.05) is 0 Å². The lowest BCUT2D eigenvalue weighted by atomic mass is 9.90. The topological polar surface area (TPSA) is 107 Å². The Balaban J connectivity index is 1.73. The van der Waals surface area contributed by atoms with Gasteiger partial charge in [-0.15, -0.1) is 5.10 Å². The highest BCUT2D eigenvalue weighted by Crippen LogP contribution is 2.31. The van der Waals surface area contributed by atoms with Crippen molar-refractivity contribution in [2.45, 2.75) is 20.3 Å². The molecule has 1 aromatic heterocycles. The highest BCUT2D eigenvalue weighted by molar-refractivity contribution is 5.94. The van der Waals surface area contributed by atoms with Crippen molar-refractivity contribution in [1.29, 1.82) is 0 Å². The number of hydrogen-bond acceptors (Lipinski definition) is 6. The van der Waals surface area contributed by atoms with Crippen molar-refractivity contribution in [2.75, 3.05) is 33.4 Å². The van der Waals surface area contributed by atoms with Crippen molar-refractivity contribution in [3.63, 3.8) is 0 Å². The van der Waals surface area contributed by atoms with Gasteiger partial charge in [0.15, 0.2) is 5.69 Å². The SMILES string of the molecule is COCCOc1ccc(-n2nc(C)c(C(=O)N3CCC(C)(C(=O)O)C3)n2)cc1. The lowest BCUT2D eigenvalue weighted by molar-refractivity contribution is -0.147. The van der Waals surface area contributed by atoms with Crippen LogP contribution in [0.1, 0.15) is 29.5 Å². The van der Waals surface area contributed by atoms with E-state index in [-0.39, 0.29) is 18.1 Å². The van der Waals surface area contributed by atoms with Gasteiger partial charge in [-0.1, -0.05) is 0 Å². The van der Waals surface area contributed by atoms with Gasteiger partial charge in [0, 0.05) is 20.2 Å². The van der Waals surface area contributed by atoms with Crippen LogP contribution in [-0.2, 0) is 9.53 Å². The molecule has 1 fully saturated rings. The molecule has 0 bridgehead atoms. The van der Waals surface area contributed by atoms with Crippen LogP contribution in [0.15, 0.2) is 24.3 Å². The van der Waals surface area contributed by atoms with Crippen LogP contribution in [0.25, 0.3) is 5.69 Å². The summed E-state index contributed by atoms with van der Waals surface area (Å²) in [5.41, 5.74) is 0.500. The summed E-state index contributed by atoms with van der Waals surface area (Å²) < 4.78 is 10.5. The maximum Gasteiger partial charge on any atom is 0.311 e. The van der Waals surface area contributed by atoms with Crippen LogP contribution < -0.4 is 4.74 Å². The van der Waals surface area contributed by atoms with Crippen LogP contribution in [0.3, 0.4) is 0 Å². The fraction of sp³-hybridized carbons (Fsp3) is 0.474. The van der Waals surface area contributed by atoms with Gasteiger partial charge in [-0.05, 0) is 44.5 Å². The van der Waals surface area contributed by atoms with Gasteiger partial charge >= 0.3 is 5.97 Å². The van der Waals surface area contributed by atoms with E-state index in [2.05, 4.69) is 10.2 Å². The smallest absolute Gasteiger partial charge is 0.311 e. The number of aliphatic carboxylic acids is 1. The molecule has 3 rings (SSSR count). The van der Waals surface area contributed by atoms with E-state index < -0.39 is 11.4 Å². The fourth-order valence-corrected chi connectivity index (χ4v) is 3.07. The number of rotatable bonds is 7. The monoisotopic (exact) mass is 388 g/mol. The molecule has 2 aromatic rings. The number of carbonyl (C=O) groups excluding carboxylic acids is 1. The Kier molecular flexibility index (Phi) is 5.64. The lowest BCUT2D eigenvalue weighted by Crippen LogP contribution is -2.35. The molecule has 1 saturated heterocycles. The third-order valence-electron chi connectivity index (χ3n) is 4.89. The third kappa shape index (κ3) is 3.99. The van der Waals surface area contributed by atoms with E-state index in [4.69, 9.17) is 9.47 Å². The zero-order chi connectivity index (χ0) is 20.3. The molecule has 9 nitrogen and oxygen atoms in total. The minimum Gasteiger partial charge on any atom is -0.491 e. The third-order valence-corrected chi connectivity index (χ3v) is 4.89. The Morgan fingerprint density at radius 1 is 1.21 bits per heavy atom. The number of amides is 1. The van der Waals surface area contributed by atoms with Crippen molar-refractivity contribution in [3.8, 4) is 11.4 Å². The first-order valence-electron chi connectivity index (χ1n) is 9.03. The van der Waals surface area contributed by atoms with Gasteiger partial charge in [-0.2, -0.15) is 9.90 Å². The normalized spacial score (nSPS) is 19.0. The Morgan fingerprint density at radius 2 is 1.93 bits per heavy atom. The molecule has 1 aromatic carbocycles. The van der Waals surface area contributed by atoms with Crippen molar-refractivity contribution in [3.05, 3.63) is 35.7 Å². The van der Waals surface area contributed by atoms with Crippen LogP contribution in [0.2, 0.25) is 0 Å². The Bertz CT molecular complexity index is 864. The number of aromatic nitrogens is 3. The summed E-state index contributed by atoms with van der Waals surface area (Å²) in [6, 6.07) is 7.19. The van der Waals surface area contributed by atoms with E-state index in [9.17, 15) is 14.7 Å². The number of nitrogens with zero attached hydrogens (tertiary/aromatic N) is 4. The molecule has 1 N–H and O–H groups in total. The summed E-state index contributed by atoms with van der Waals surface area (Å²) in [5, 5.41) is 18.0. The molecule has 1 aliphatic rings. The number of aryl methyl sites for hydroxylation is 1. The van der Waals surface area contributed by atoms with Gasteiger partial charge in [0.2, 0.25) is 0 Å². The van der Waals surface area contributed by atoms with Gasteiger partial charge in [-0.3, -0.25) is 9.59 Å². The van der Waals surface area contributed by atoms with Gasteiger partial charge in [0.25, 0.3) is 5.91 Å². The number of likely N-dealkylation sites (tertiary alicyclic amines) is 1. The Hall–Kier alpha value is -2.94. The molecular formula is C19H24N4O5. The molecule has 1 atom stereocenters.